The molecule has 0 bridgehead atoms. The van der Waals surface area contributed by atoms with Crippen LogP contribution in [0.25, 0.3) is 10.8 Å². The lowest BCUT2D eigenvalue weighted by molar-refractivity contribution is 0.461. The Bertz CT molecular complexity index is 872. The van der Waals surface area contributed by atoms with E-state index in [2.05, 4.69) is 5.10 Å². The standard InChI is InChI=1S/C13H15FN2O4S/c1-13(2,21(3,19)20)7-16-12(18)11-8(6-15-16)10(17)5-4-9(11)14/h4-6,17H,7H2,1-3H3. The summed E-state index contributed by atoms with van der Waals surface area (Å²) in [5.41, 5.74) is -0.780. The summed E-state index contributed by atoms with van der Waals surface area (Å²) in [6, 6.07) is 2.11. The zero-order valence-electron chi connectivity index (χ0n) is 11.8. The lowest BCUT2D eigenvalue weighted by atomic mass is 10.1. The van der Waals surface area contributed by atoms with Crippen LogP contribution < -0.4 is 5.56 Å². The molecule has 0 fully saturated rings. The van der Waals surface area contributed by atoms with Gasteiger partial charge >= 0.3 is 0 Å². The number of hydrogen-bond donors (Lipinski definition) is 1. The van der Waals surface area contributed by atoms with Gasteiger partial charge in [-0.15, -0.1) is 0 Å². The smallest absolute Gasteiger partial charge is 0.277 e. The minimum Gasteiger partial charge on any atom is -0.507 e. The highest BCUT2D eigenvalue weighted by Crippen LogP contribution is 2.24. The van der Waals surface area contributed by atoms with Crippen LogP contribution in [0.15, 0.2) is 23.1 Å². The van der Waals surface area contributed by atoms with Gasteiger partial charge < -0.3 is 5.11 Å². The van der Waals surface area contributed by atoms with E-state index in [1.54, 1.807) is 0 Å². The molecule has 1 aromatic heterocycles. The summed E-state index contributed by atoms with van der Waals surface area (Å²) in [7, 11) is -3.43. The number of sulfone groups is 1. The first-order valence-corrected chi connectivity index (χ1v) is 8.00. The average molecular weight is 314 g/mol. The Balaban J connectivity index is 2.67. The summed E-state index contributed by atoms with van der Waals surface area (Å²) < 4.78 is 36.9. The SMILES string of the molecule is CC(C)(Cn1ncc2c(O)ccc(F)c2c1=O)S(C)(=O)=O. The molecule has 0 aliphatic heterocycles. The highest BCUT2D eigenvalue weighted by Gasteiger charge is 2.31. The third kappa shape index (κ3) is 2.63. The minimum atomic E-state index is -3.43. The zero-order valence-corrected chi connectivity index (χ0v) is 12.6. The van der Waals surface area contributed by atoms with Gasteiger partial charge in [-0.25, -0.2) is 17.5 Å². The molecular weight excluding hydrogens is 299 g/mol. The second-order valence-electron chi connectivity index (χ2n) is 5.49. The van der Waals surface area contributed by atoms with Crippen molar-refractivity contribution in [3.8, 4) is 5.75 Å². The van der Waals surface area contributed by atoms with Gasteiger partial charge in [-0.3, -0.25) is 4.79 Å². The Kier molecular flexibility index (Phi) is 3.53. The van der Waals surface area contributed by atoms with E-state index in [1.807, 2.05) is 0 Å². The van der Waals surface area contributed by atoms with Crippen molar-refractivity contribution in [3.05, 3.63) is 34.5 Å². The van der Waals surface area contributed by atoms with Gasteiger partial charge in [-0.1, -0.05) is 0 Å². The number of phenols is 1. The third-order valence-corrected chi connectivity index (χ3v) is 5.62. The second-order valence-corrected chi connectivity index (χ2v) is 8.14. The first kappa shape index (κ1) is 15.4. The van der Waals surface area contributed by atoms with Crippen LogP contribution in [0.1, 0.15) is 13.8 Å². The summed E-state index contributed by atoms with van der Waals surface area (Å²) in [6.45, 7) is 2.70. The van der Waals surface area contributed by atoms with Crippen LogP contribution in [0.3, 0.4) is 0 Å². The third-order valence-electron chi connectivity index (χ3n) is 3.48. The molecule has 6 nitrogen and oxygen atoms in total. The van der Waals surface area contributed by atoms with E-state index < -0.39 is 26.0 Å². The van der Waals surface area contributed by atoms with Crippen LogP contribution in [-0.4, -0.2) is 34.3 Å². The van der Waals surface area contributed by atoms with Gasteiger partial charge in [0.05, 0.1) is 28.3 Å². The predicted molar refractivity (Wildman–Crippen MR) is 76.5 cm³/mol. The first-order chi connectivity index (χ1) is 9.54. The van der Waals surface area contributed by atoms with Crippen LogP contribution in [-0.2, 0) is 16.4 Å². The number of nitrogens with zero attached hydrogens (tertiary/aromatic N) is 2. The molecule has 0 aliphatic rings. The van der Waals surface area contributed by atoms with Gasteiger partial charge in [0, 0.05) is 6.26 Å². The summed E-state index contributed by atoms with van der Waals surface area (Å²) in [4.78, 5) is 12.3. The predicted octanol–water partition coefficient (Wildman–Crippen LogP) is 1.06. The molecule has 0 saturated carbocycles. The molecule has 0 unspecified atom stereocenters. The number of halogens is 1. The zero-order chi connectivity index (χ0) is 16.0. The quantitative estimate of drug-likeness (QED) is 0.915. The Hall–Kier alpha value is -1.96. The highest BCUT2D eigenvalue weighted by molar-refractivity contribution is 7.92. The molecule has 0 atom stereocenters. The van der Waals surface area contributed by atoms with E-state index >= 15 is 0 Å². The van der Waals surface area contributed by atoms with E-state index in [4.69, 9.17) is 0 Å². The number of benzene rings is 1. The van der Waals surface area contributed by atoms with Gasteiger partial charge in [0.25, 0.3) is 5.56 Å². The molecule has 21 heavy (non-hydrogen) atoms. The number of aromatic nitrogens is 2. The van der Waals surface area contributed by atoms with E-state index in [0.29, 0.717) is 0 Å². The molecule has 0 aliphatic carbocycles. The van der Waals surface area contributed by atoms with E-state index in [9.17, 15) is 22.7 Å². The van der Waals surface area contributed by atoms with Crippen molar-refractivity contribution in [2.75, 3.05) is 6.26 Å². The first-order valence-electron chi connectivity index (χ1n) is 6.11. The Morgan fingerprint density at radius 1 is 1.38 bits per heavy atom. The molecule has 0 radical (unpaired) electrons. The number of rotatable bonds is 3. The molecule has 0 amide bonds. The van der Waals surface area contributed by atoms with Gasteiger partial charge in [-0.05, 0) is 26.0 Å². The Morgan fingerprint density at radius 3 is 2.57 bits per heavy atom. The van der Waals surface area contributed by atoms with Crippen LogP contribution >= 0.6 is 0 Å². The van der Waals surface area contributed by atoms with Crippen LogP contribution in [0.2, 0.25) is 0 Å². The molecule has 0 spiro atoms. The van der Waals surface area contributed by atoms with Crippen LogP contribution in [0, 0.1) is 5.82 Å². The van der Waals surface area contributed by atoms with E-state index in [0.717, 1.165) is 29.3 Å². The maximum Gasteiger partial charge on any atom is 0.277 e. The van der Waals surface area contributed by atoms with Crippen molar-refractivity contribution >= 4 is 20.6 Å². The largest absolute Gasteiger partial charge is 0.507 e. The summed E-state index contributed by atoms with van der Waals surface area (Å²) in [5.74, 6) is -1.05. The second kappa shape index (κ2) is 4.80. The normalized spacial score (nSPS) is 12.8. The average Bonchev–Trinajstić information content (AvgIpc) is 2.35. The maximum atomic E-state index is 13.8. The molecule has 2 rings (SSSR count). The topological polar surface area (TPSA) is 89.3 Å². The summed E-state index contributed by atoms with van der Waals surface area (Å²) >= 11 is 0. The van der Waals surface area contributed by atoms with Crippen molar-refractivity contribution in [1.29, 1.82) is 0 Å². The molecule has 1 heterocycles. The lowest BCUT2D eigenvalue weighted by Crippen LogP contribution is -2.40. The molecule has 1 N–H and O–H groups in total. The number of fused-ring (bicyclic) bond motifs is 1. The van der Waals surface area contributed by atoms with Crippen molar-refractivity contribution < 1.29 is 17.9 Å². The van der Waals surface area contributed by atoms with Gasteiger partial charge in [0.1, 0.15) is 11.6 Å². The van der Waals surface area contributed by atoms with Crippen molar-refractivity contribution in [2.45, 2.75) is 25.1 Å². The minimum absolute atomic E-state index is 0.00610. The monoisotopic (exact) mass is 314 g/mol. The Morgan fingerprint density at radius 2 is 2.00 bits per heavy atom. The van der Waals surface area contributed by atoms with Crippen molar-refractivity contribution in [3.63, 3.8) is 0 Å². The van der Waals surface area contributed by atoms with Crippen molar-refractivity contribution in [2.24, 2.45) is 0 Å². The highest BCUT2D eigenvalue weighted by atomic mass is 32.2. The van der Waals surface area contributed by atoms with Crippen LogP contribution in [0.4, 0.5) is 4.39 Å². The van der Waals surface area contributed by atoms with E-state index in [-0.39, 0.29) is 23.1 Å². The summed E-state index contributed by atoms with van der Waals surface area (Å²) in [5, 5.41) is 13.1. The maximum absolute atomic E-state index is 13.8. The molecule has 8 heteroatoms. The van der Waals surface area contributed by atoms with Crippen LogP contribution in [0.5, 0.6) is 5.75 Å². The number of hydrogen-bond acceptors (Lipinski definition) is 5. The van der Waals surface area contributed by atoms with Gasteiger partial charge in [-0.2, -0.15) is 5.10 Å². The molecule has 114 valence electrons. The van der Waals surface area contributed by atoms with Gasteiger partial charge in [0.2, 0.25) is 0 Å². The fraction of sp³-hybridized carbons (Fsp3) is 0.385. The fourth-order valence-electron chi connectivity index (χ4n) is 1.83. The fourth-order valence-corrected chi connectivity index (χ4v) is 2.19. The van der Waals surface area contributed by atoms with Crippen molar-refractivity contribution in [1.82, 2.24) is 9.78 Å². The van der Waals surface area contributed by atoms with E-state index in [1.165, 1.54) is 13.8 Å². The number of phenolic OH excluding ortho intramolecular Hbond substituents is 1. The Labute approximate surface area is 120 Å². The molecule has 2 aromatic rings. The van der Waals surface area contributed by atoms with Gasteiger partial charge in [0.15, 0.2) is 9.84 Å². The number of aromatic hydroxyl groups is 1. The summed E-state index contributed by atoms with van der Waals surface area (Å²) in [6.07, 6.45) is 2.21. The molecule has 1 aromatic carbocycles. The molecule has 0 saturated heterocycles. The lowest BCUT2D eigenvalue weighted by Gasteiger charge is -2.22. The molecular formula is C13H15FN2O4S.